The molecule has 102 valence electrons. The van der Waals surface area contributed by atoms with Crippen LogP contribution < -0.4 is 10.1 Å². The summed E-state index contributed by atoms with van der Waals surface area (Å²) in [5, 5.41) is 22.0. The van der Waals surface area contributed by atoms with E-state index in [0.29, 0.717) is 0 Å². The number of ether oxygens (including phenoxy) is 1. The highest BCUT2D eigenvalue weighted by Gasteiger charge is 2.13. The van der Waals surface area contributed by atoms with E-state index in [9.17, 15) is 5.11 Å². The van der Waals surface area contributed by atoms with Gasteiger partial charge in [-0.1, -0.05) is 0 Å². The molecule has 1 rings (SSSR count). The molecule has 0 bridgehead atoms. The van der Waals surface area contributed by atoms with E-state index in [4.69, 9.17) is 9.84 Å². The topological polar surface area (TPSA) is 61.7 Å². The molecule has 4 heteroatoms. The van der Waals surface area contributed by atoms with Crippen LogP contribution in [0.25, 0.3) is 0 Å². The van der Waals surface area contributed by atoms with E-state index >= 15 is 0 Å². The zero-order valence-electron chi connectivity index (χ0n) is 11.3. The molecule has 1 aromatic carbocycles. The van der Waals surface area contributed by atoms with Crippen molar-refractivity contribution in [3.63, 3.8) is 0 Å². The van der Waals surface area contributed by atoms with E-state index in [0.717, 1.165) is 24.2 Å². The zero-order valence-corrected chi connectivity index (χ0v) is 11.3. The smallest absolute Gasteiger partial charge is 0.120 e. The maximum Gasteiger partial charge on any atom is 0.120 e. The van der Waals surface area contributed by atoms with Gasteiger partial charge in [0.2, 0.25) is 0 Å². The lowest BCUT2D eigenvalue weighted by Crippen LogP contribution is -2.29. The molecule has 0 aromatic heterocycles. The molecule has 0 spiro atoms. The summed E-state index contributed by atoms with van der Waals surface area (Å²) in [6.45, 7) is 4.29. The van der Waals surface area contributed by atoms with Crippen molar-refractivity contribution in [1.82, 2.24) is 5.32 Å². The number of hydrogen-bond donors (Lipinski definition) is 3. The maximum atomic E-state index is 9.85. The molecule has 0 saturated heterocycles. The van der Waals surface area contributed by atoms with Gasteiger partial charge < -0.3 is 20.3 Å². The predicted molar refractivity (Wildman–Crippen MR) is 72.0 cm³/mol. The van der Waals surface area contributed by atoms with Crippen LogP contribution in [0.2, 0.25) is 0 Å². The standard InChI is InChI=1S/C14H23NO3/c1-10(5-4-8-16)15-11(2)13-9-12(18-3)6-7-14(13)17/h6-7,9-11,15-17H,4-5,8H2,1-3H3. The molecule has 0 aliphatic heterocycles. The Labute approximate surface area is 109 Å². The maximum absolute atomic E-state index is 9.85. The second-order valence-corrected chi connectivity index (χ2v) is 4.58. The highest BCUT2D eigenvalue weighted by Crippen LogP contribution is 2.28. The quantitative estimate of drug-likeness (QED) is 0.697. The van der Waals surface area contributed by atoms with E-state index in [-0.39, 0.29) is 24.4 Å². The number of benzene rings is 1. The number of aliphatic hydroxyl groups excluding tert-OH is 1. The number of aromatic hydroxyl groups is 1. The summed E-state index contributed by atoms with van der Waals surface area (Å²) in [5.74, 6) is 1.00. The molecule has 4 nitrogen and oxygen atoms in total. The Bertz CT molecular complexity index is 368. The van der Waals surface area contributed by atoms with Gasteiger partial charge in [0, 0.05) is 24.3 Å². The first kappa shape index (κ1) is 14.8. The number of hydrogen-bond acceptors (Lipinski definition) is 4. The third kappa shape index (κ3) is 4.20. The summed E-state index contributed by atoms with van der Waals surface area (Å²) >= 11 is 0. The molecule has 0 saturated carbocycles. The molecule has 18 heavy (non-hydrogen) atoms. The minimum Gasteiger partial charge on any atom is -0.508 e. The summed E-state index contributed by atoms with van der Waals surface area (Å²) in [7, 11) is 1.61. The lowest BCUT2D eigenvalue weighted by Gasteiger charge is -2.21. The lowest BCUT2D eigenvalue weighted by atomic mass is 10.0. The summed E-state index contributed by atoms with van der Waals surface area (Å²) in [5.41, 5.74) is 0.824. The van der Waals surface area contributed by atoms with Gasteiger partial charge in [-0.05, 0) is 44.9 Å². The molecule has 2 unspecified atom stereocenters. The molecule has 3 N–H and O–H groups in total. The van der Waals surface area contributed by atoms with Gasteiger partial charge >= 0.3 is 0 Å². The van der Waals surface area contributed by atoms with Gasteiger partial charge in [0.25, 0.3) is 0 Å². The monoisotopic (exact) mass is 253 g/mol. The van der Waals surface area contributed by atoms with Crippen LogP contribution in [-0.4, -0.2) is 30.0 Å². The van der Waals surface area contributed by atoms with Crippen molar-refractivity contribution in [2.75, 3.05) is 13.7 Å². The molecule has 0 fully saturated rings. The van der Waals surface area contributed by atoms with Gasteiger partial charge in [-0.15, -0.1) is 0 Å². The number of rotatable bonds is 7. The van der Waals surface area contributed by atoms with Crippen molar-refractivity contribution in [3.8, 4) is 11.5 Å². The van der Waals surface area contributed by atoms with Crippen LogP contribution in [0, 0.1) is 0 Å². The van der Waals surface area contributed by atoms with Crippen LogP contribution in [0.4, 0.5) is 0 Å². The van der Waals surface area contributed by atoms with Crippen LogP contribution >= 0.6 is 0 Å². The number of phenols is 1. The molecular formula is C14H23NO3. The number of phenolic OH excluding ortho intramolecular Hbond substituents is 1. The first-order valence-electron chi connectivity index (χ1n) is 6.32. The minimum absolute atomic E-state index is 0.0359. The molecular weight excluding hydrogens is 230 g/mol. The van der Waals surface area contributed by atoms with Crippen LogP contribution in [0.1, 0.15) is 38.3 Å². The van der Waals surface area contributed by atoms with Crippen molar-refractivity contribution < 1.29 is 14.9 Å². The Morgan fingerprint density at radius 2 is 2.06 bits per heavy atom. The second kappa shape index (κ2) is 7.24. The van der Waals surface area contributed by atoms with E-state index in [1.54, 1.807) is 19.2 Å². The van der Waals surface area contributed by atoms with Gasteiger partial charge in [-0.25, -0.2) is 0 Å². The fraction of sp³-hybridized carbons (Fsp3) is 0.571. The van der Waals surface area contributed by atoms with E-state index < -0.39 is 0 Å². The van der Waals surface area contributed by atoms with Crippen molar-refractivity contribution >= 4 is 0 Å². The third-order valence-electron chi connectivity index (χ3n) is 3.03. The van der Waals surface area contributed by atoms with Crippen molar-refractivity contribution in [2.24, 2.45) is 0 Å². The van der Waals surface area contributed by atoms with E-state index in [1.807, 2.05) is 13.0 Å². The van der Waals surface area contributed by atoms with Crippen molar-refractivity contribution in [2.45, 2.75) is 38.8 Å². The van der Waals surface area contributed by atoms with Crippen LogP contribution in [0.5, 0.6) is 11.5 Å². The van der Waals surface area contributed by atoms with Gasteiger partial charge in [-0.3, -0.25) is 0 Å². The predicted octanol–water partition coefficient (Wildman–Crippen LogP) is 2.21. The molecule has 0 radical (unpaired) electrons. The van der Waals surface area contributed by atoms with Gasteiger partial charge in [0.1, 0.15) is 11.5 Å². The second-order valence-electron chi connectivity index (χ2n) is 4.58. The Balaban J connectivity index is 2.67. The molecule has 0 amide bonds. The minimum atomic E-state index is 0.0359. The van der Waals surface area contributed by atoms with Crippen molar-refractivity contribution in [1.29, 1.82) is 0 Å². The molecule has 1 aromatic rings. The molecule has 0 aliphatic carbocycles. The SMILES string of the molecule is COc1ccc(O)c(C(C)NC(C)CCCO)c1. The van der Waals surface area contributed by atoms with Crippen LogP contribution in [0.3, 0.4) is 0 Å². The zero-order chi connectivity index (χ0) is 13.5. The first-order chi connectivity index (χ1) is 8.58. The highest BCUT2D eigenvalue weighted by molar-refractivity contribution is 5.41. The van der Waals surface area contributed by atoms with Crippen LogP contribution in [0.15, 0.2) is 18.2 Å². The summed E-state index contributed by atoms with van der Waals surface area (Å²) in [4.78, 5) is 0. The fourth-order valence-corrected chi connectivity index (χ4v) is 2.00. The normalized spacial score (nSPS) is 14.2. The van der Waals surface area contributed by atoms with Gasteiger partial charge in [-0.2, -0.15) is 0 Å². The first-order valence-corrected chi connectivity index (χ1v) is 6.32. The van der Waals surface area contributed by atoms with Gasteiger partial charge in [0.05, 0.1) is 7.11 Å². The highest BCUT2D eigenvalue weighted by atomic mass is 16.5. The number of aliphatic hydroxyl groups is 1. The average molecular weight is 253 g/mol. The van der Waals surface area contributed by atoms with Gasteiger partial charge in [0.15, 0.2) is 0 Å². The van der Waals surface area contributed by atoms with Crippen molar-refractivity contribution in [3.05, 3.63) is 23.8 Å². The summed E-state index contributed by atoms with van der Waals surface area (Å²) in [6.07, 6.45) is 1.69. The Hall–Kier alpha value is -1.26. The Kier molecular flexibility index (Phi) is 5.95. The molecule has 0 aliphatic rings. The van der Waals surface area contributed by atoms with Crippen LogP contribution in [-0.2, 0) is 0 Å². The number of methoxy groups -OCH3 is 1. The summed E-state index contributed by atoms with van der Waals surface area (Å²) in [6, 6.07) is 5.54. The fourth-order valence-electron chi connectivity index (χ4n) is 2.00. The summed E-state index contributed by atoms with van der Waals surface area (Å²) < 4.78 is 5.16. The largest absolute Gasteiger partial charge is 0.508 e. The Morgan fingerprint density at radius 1 is 1.33 bits per heavy atom. The Morgan fingerprint density at radius 3 is 2.67 bits per heavy atom. The molecule has 0 heterocycles. The van der Waals surface area contributed by atoms with E-state index in [2.05, 4.69) is 12.2 Å². The molecule has 2 atom stereocenters. The lowest BCUT2D eigenvalue weighted by molar-refractivity contribution is 0.274. The number of nitrogens with one attached hydrogen (secondary N) is 1. The third-order valence-corrected chi connectivity index (χ3v) is 3.03. The average Bonchev–Trinajstić information content (AvgIpc) is 2.36. The van der Waals surface area contributed by atoms with E-state index in [1.165, 1.54) is 0 Å².